The number of hydrogen-bond acceptors (Lipinski definition) is 4. The van der Waals surface area contributed by atoms with Crippen molar-refractivity contribution in [2.75, 3.05) is 4.90 Å². The molecule has 1 aliphatic heterocycles. The Hall–Kier alpha value is -4.06. The second kappa shape index (κ2) is 5.72. The Balaban J connectivity index is 1.75. The van der Waals surface area contributed by atoms with Gasteiger partial charge in [-0.05, 0) is 41.1 Å². The van der Waals surface area contributed by atoms with E-state index in [1.54, 1.807) is 30.3 Å². The number of benzene rings is 4. The topological polar surface area (TPSA) is 80.5 Å². The highest BCUT2D eigenvalue weighted by atomic mass is 16.6. The van der Waals surface area contributed by atoms with Gasteiger partial charge < -0.3 is 0 Å². The first-order valence-electron chi connectivity index (χ1n) is 8.64. The van der Waals surface area contributed by atoms with E-state index in [0.717, 1.165) is 15.7 Å². The molecule has 28 heavy (non-hydrogen) atoms. The summed E-state index contributed by atoms with van der Waals surface area (Å²) in [6.45, 7) is 0. The largest absolute Gasteiger partial charge is 0.277 e. The molecule has 0 radical (unpaired) electrons. The highest BCUT2D eigenvalue weighted by Crippen LogP contribution is 2.37. The third-order valence-electron chi connectivity index (χ3n) is 5.07. The number of carbonyl (C=O) groups excluding carboxylic acids is 2. The van der Waals surface area contributed by atoms with E-state index in [0.29, 0.717) is 16.5 Å². The molecule has 1 aliphatic rings. The summed E-state index contributed by atoms with van der Waals surface area (Å²) < 4.78 is 0. The van der Waals surface area contributed by atoms with Crippen LogP contribution in [0.4, 0.5) is 11.4 Å². The Kier molecular flexibility index (Phi) is 3.30. The number of anilines is 1. The summed E-state index contributed by atoms with van der Waals surface area (Å²) in [4.78, 5) is 38.3. The molecule has 4 aromatic carbocycles. The summed E-state index contributed by atoms with van der Waals surface area (Å²) in [5, 5.41) is 13.9. The summed E-state index contributed by atoms with van der Waals surface area (Å²) in [7, 11) is 0. The van der Waals surface area contributed by atoms with E-state index in [9.17, 15) is 19.7 Å². The molecule has 0 N–H and O–H groups in total. The number of carbonyl (C=O) groups is 2. The van der Waals surface area contributed by atoms with Gasteiger partial charge in [-0.15, -0.1) is 0 Å². The van der Waals surface area contributed by atoms with Gasteiger partial charge in [0.2, 0.25) is 0 Å². The minimum absolute atomic E-state index is 0.125. The molecule has 0 unspecified atom stereocenters. The van der Waals surface area contributed by atoms with Crippen LogP contribution < -0.4 is 4.90 Å². The third kappa shape index (κ3) is 2.15. The van der Waals surface area contributed by atoms with E-state index in [-0.39, 0.29) is 16.8 Å². The number of nitro groups is 1. The molecular weight excluding hydrogens is 356 g/mol. The highest BCUT2D eigenvalue weighted by molar-refractivity contribution is 6.36. The van der Waals surface area contributed by atoms with Gasteiger partial charge in [0.25, 0.3) is 17.5 Å². The van der Waals surface area contributed by atoms with Gasteiger partial charge >= 0.3 is 0 Å². The number of imide groups is 1. The maximum atomic E-state index is 13.2. The zero-order chi connectivity index (χ0) is 19.4. The molecule has 2 amide bonds. The Labute approximate surface area is 158 Å². The van der Waals surface area contributed by atoms with Crippen molar-refractivity contribution in [3.05, 3.63) is 94.0 Å². The summed E-state index contributed by atoms with van der Waals surface area (Å²) in [6.07, 6.45) is 0. The Bertz CT molecular complexity index is 1320. The number of hydrogen-bond donors (Lipinski definition) is 0. The maximum absolute atomic E-state index is 13.2. The van der Waals surface area contributed by atoms with Gasteiger partial charge in [0, 0.05) is 22.6 Å². The fraction of sp³-hybridized carbons (Fsp3) is 0. The molecule has 6 heteroatoms. The van der Waals surface area contributed by atoms with E-state index in [1.165, 1.54) is 12.1 Å². The molecule has 0 spiro atoms. The summed E-state index contributed by atoms with van der Waals surface area (Å²) >= 11 is 0. The van der Waals surface area contributed by atoms with Crippen LogP contribution in [0.15, 0.2) is 72.8 Å². The van der Waals surface area contributed by atoms with Crippen LogP contribution in [0.2, 0.25) is 0 Å². The smallest absolute Gasteiger partial charge is 0.268 e. The zero-order valence-corrected chi connectivity index (χ0v) is 14.5. The van der Waals surface area contributed by atoms with Gasteiger partial charge in [0.05, 0.1) is 16.0 Å². The molecule has 0 bridgehead atoms. The predicted octanol–water partition coefficient (Wildman–Crippen LogP) is 4.70. The first-order chi connectivity index (χ1) is 13.6. The van der Waals surface area contributed by atoms with Crippen LogP contribution in [-0.2, 0) is 0 Å². The molecular formula is C22H12N2O4. The van der Waals surface area contributed by atoms with Gasteiger partial charge in [0.1, 0.15) is 0 Å². The van der Waals surface area contributed by atoms with Crippen molar-refractivity contribution < 1.29 is 14.5 Å². The van der Waals surface area contributed by atoms with Gasteiger partial charge in [-0.25, -0.2) is 4.90 Å². The van der Waals surface area contributed by atoms with Crippen LogP contribution in [0.25, 0.3) is 21.5 Å². The van der Waals surface area contributed by atoms with Gasteiger partial charge in [0.15, 0.2) is 0 Å². The lowest BCUT2D eigenvalue weighted by Crippen LogP contribution is -2.40. The van der Waals surface area contributed by atoms with Crippen molar-refractivity contribution in [2.24, 2.45) is 0 Å². The molecule has 0 aliphatic carbocycles. The number of fused-ring (bicyclic) bond motifs is 1. The number of nitro benzene ring substituents is 1. The third-order valence-corrected chi connectivity index (χ3v) is 5.07. The van der Waals surface area contributed by atoms with Crippen LogP contribution in [0, 0.1) is 10.1 Å². The SMILES string of the molecule is O=C1c2cccc3c([N+](=O)[O-])ccc(c23)C(=O)N1c1ccc2ccccc2c1. The molecule has 0 atom stereocenters. The Morgan fingerprint density at radius 2 is 1.46 bits per heavy atom. The van der Waals surface area contributed by atoms with Crippen molar-refractivity contribution in [1.29, 1.82) is 0 Å². The normalized spacial score (nSPS) is 13.4. The van der Waals surface area contributed by atoms with Crippen LogP contribution in [-0.4, -0.2) is 16.7 Å². The lowest BCUT2D eigenvalue weighted by atomic mass is 9.92. The Morgan fingerprint density at radius 1 is 0.750 bits per heavy atom. The summed E-state index contributed by atoms with van der Waals surface area (Å²) in [5.74, 6) is -0.974. The molecule has 0 aromatic heterocycles. The molecule has 5 rings (SSSR count). The number of nitrogens with zero attached hydrogens (tertiary/aromatic N) is 2. The van der Waals surface area contributed by atoms with Crippen LogP contribution >= 0.6 is 0 Å². The molecule has 0 saturated heterocycles. The maximum Gasteiger partial charge on any atom is 0.277 e. The minimum atomic E-state index is -0.506. The summed E-state index contributed by atoms with van der Waals surface area (Å²) in [5.41, 5.74) is 0.906. The fourth-order valence-electron chi connectivity index (χ4n) is 3.79. The predicted molar refractivity (Wildman–Crippen MR) is 106 cm³/mol. The minimum Gasteiger partial charge on any atom is -0.268 e. The molecule has 134 valence electrons. The van der Waals surface area contributed by atoms with Crippen LogP contribution in [0.5, 0.6) is 0 Å². The fourth-order valence-corrected chi connectivity index (χ4v) is 3.79. The molecule has 6 nitrogen and oxygen atoms in total. The van der Waals surface area contributed by atoms with Gasteiger partial charge in [-0.3, -0.25) is 19.7 Å². The second-order valence-electron chi connectivity index (χ2n) is 6.59. The number of amides is 2. The molecule has 0 fully saturated rings. The molecule has 1 heterocycles. The lowest BCUT2D eigenvalue weighted by molar-refractivity contribution is -0.383. The standard InChI is InChI=1S/C22H12N2O4/c25-21-17-7-3-6-16-19(24(27)28)11-10-18(20(16)17)22(26)23(21)15-9-8-13-4-1-2-5-14(13)12-15/h1-12H. The van der Waals surface area contributed by atoms with Gasteiger partial charge in [-0.1, -0.05) is 36.4 Å². The monoisotopic (exact) mass is 368 g/mol. The van der Waals surface area contributed by atoms with E-state index >= 15 is 0 Å². The number of non-ortho nitro benzene ring substituents is 1. The second-order valence-corrected chi connectivity index (χ2v) is 6.59. The highest BCUT2D eigenvalue weighted by Gasteiger charge is 2.35. The Morgan fingerprint density at radius 3 is 2.21 bits per heavy atom. The van der Waals surface area contributed by atoms with E-state index in [2.05, 4.69) is 0 Å². The summed E-state index contributed by atoms with van der Waals surface area (Å²) in [6, 6.07) is 20.5. The average molecular weight is 368 g/mol. The van der Waals surface area contributed by atoms with Crippen molar-refractivity contribution in [2.45, 2.75) is 0 Å². The van der Waals surface area contributed by atoms with Gasteiger partial charge in [-0.2, -0.15) is 0 Å². The quantitative estimate of drug-likeness (QED) is 0.292. The molecule has 4 aromatic rings. The average Bonchev–Trinajstić information content (AvgIpc) is 2.71. The van der Waals surface area contributed by atoms with E-state index in [1.807, 2.05) is 30.3 Å². The van der Waals surface area contributed by atoms with E-state index < -0.39 is 16.7 Å². The van der Waals surface area contributed by atoms with Crippen LogP contribution in [0.1, 0.15) is 20.7 Å². The first-order valence-corrected chi connectivity index (χ1v) is 8.64. The van der Waals surface area contributed by atoms with Crippen molar-refractivity contribution in [3.8, 4) is 0 Å². The van der Waals surface area contributed by atoms with Crippen LogP contribution in [0.3, 0.4) is 0 Å². The lowest BCUT2D eigenvalue weighted by Gasteiger charge is -2.27. The number of rotatable bonds is 2. The first kappa shape index (κ1) is 16.1. The molecule has 0 saturated carbocycles. The zero-order valence-electron chi connectivity index (χ0n) is 14.5. The van der Waals surface area contributed by atoms with E-state index in [4.69, 9.17) is 0 Å². The van der Waals surface area contributed by atoms with Crippen molar-refractivity contribution >= 4 is 44.7 Å². The van der Waals surface area contributed by atoms with Crippen molar-refractivity contribution in [1.82, 2.24) is 0 Å². The van der Waals surface area contributed by atoms with Crippen molar-refractivity contribution in [3.63, 3.8) is 0 Å².